The van der Waals surface area contributed by atoms with Crippen molar-refractivity contribution in [2.45, 2.75) is 32.4 Å². The number of hydrogen-bond acceptors (Lipinski definition) is 3. The van der Waals surface area contributed by atoms with Crippen molar-refractivity contribution in [1.29, 1.82) is 0 Å². The van der Waals surface area contributed by atoms with Crippen molar-refractivity contribution in [3.63, 3.8) is 0 Å². The maximum absolute atomic E-state index is 5.15. The molecule has 0 fully saturated rings. The summed E-state index contributed by atoms with van der Waals surface area (Å²) in [5.41, 5.74) is 1.27. The lowest BCUT2D eigenvalue weighted by molar-refractivity contribution is 0.183. The van der Waals surface area contributed by atoms with Crippen LogP contribution in [-0.2, 0) is 4.74 Å². The van der Waals surface area contributed by atoms with Gasteiger partial charge < -0.3 is 14.8 Å². The Morgan fingerprint density at radius 2 is 1.76 bits per heavy atom. The number of ether oxygens (including phenoxy) is 2. The van der Waals surface area contributed by atoms with Gasteiger partial charge in [-0.25, -0.2) is 0 Å². The number of hydrogen-bond donors (Lipinski definition) is 1. The molecule has 1 aromatic carbocycles. The minimum atomic E-state index is 0.341. The van der Waals surface area contributed by atoms with E-state index in [2.05, 4.69) is 31.3 Å². The smallest absolute Gasteiger partial charge is 0.118 e. The van der Waals surface area contributed by atoms with Crippen LogP contribution < -0.4 is 10.1 Å². The highest BCUT2D eigenvalue weighted by Crippen LogP contribution is 2.17. The van der Waals surface area contributed by atoms with Crippen LogP contribution in [0.4, 0.5) is 0 Å². The second-order valence-electron chi connectivity index (χ2n) is 4.34. The molecule has 1 aromatic rings. The molecule has 0 bridgehead atoms. The molecule has 0 amide bonds. The summed E-state index contributed by atoms with van der Waals surface area (Å²) in [5, 5.41) is 3.55. The molecule has 1 rings (SSSR count). The summed E-state index contributed by atoms with van der Waals surface area (Å²) < 4.78 is 10.2. The van der Waals surface area contributed by atoms with E-state index >= 15 is 0 Å². The quantitative estimate of drug-likeness (QED) is 0.791. The highest BCUT2D eigenvalue weighted by Gasteiger charge is 2.09. The average molecular weight is 237 g/mol. The minimum Gasteiger partial charge on any atom is -0.497 e. The summed E-state index contributed by atoms with van der Waals surface area (Å²) in [6.45, 7) is 5.15. The molecule has 96 valence electrons. The van der Waals surface area contributed by atoms with E-state index in [0.29, 0.717) is 12.1 Å². The van der Waals surface area contributed by atoms with Crippen LogP contribution in [0.5, 0.6) is 5.75 Å². The largest absolute Gasteiger partial charge is 0.497 e. The van der Waals surface area contributed by atoms with Gasteiger partial charge in [0.05, 0.1) is 7.11 Å². The number of methoxy groups -OCH3 is 2. The molecule has 2 unspecified atom stereocenters. The van der Waals surface area contributed by atoms with Gasteiger partial charge in [0.1, 0.15) is 5.75 Å². The molecule has 0 aliphatic rings. The fraction of sp³-hybridized carbons (Fsp3) is 0.571. The number of benzene rings is 1. The van der Waals surface area contributed by atoms with Crippen molar-refractivity contribution in [3.8, 4) is 5.75 Å². The predicted molar refractivity (Wildman–Crippen MR) is 70.5 cm³/mol. The van der Waals surface area contributed by atoms with E-state index in [1.807, 2.05) is 12.1 Å². The molecule has 3 nitrogen and oxygen atoms in total. The fourth-order valence-corrected chi connectivity index (χ4v) is 1.79. The average Bonchev–Trinajstić information content (AvgIpc) is 2.36. The first kappa shape index (κ1) is 14.0. The maximum atomic E-state index is 5.15. The van der Waals surface area contributed by atoms with Crippen LogP contribution in [0.25, 0.3) is 0 Å². The van der Waals surface area contributed by atoms with Gasteiger partial charge in [0.15, 0.2) is 0 Å². The van der Waals surface area contributed by atoms with E-state index in [9.17, 15) is 0 Å². The highest BCUT2D eigenvalue weighted by molar-refractivity contribution is 5.28. The molecule has 0 saturated heterocycles. The van der Waals surface area contributed by atoms with Crippen molar-refractivity contribution >= 4 is 0 Å². The molecular formula is C14H23NO2. The Hall–Kier alpha value is -1.06. The molecule has 0 spiro atoms. The van der Waals surface area contributed by atoms with E-state index in [0.717, 1.165) is 18.8 Å². The van der Waals surface area contributed by atoms with E-state index < -0.39 is 0 Å². The van der Waals surface area contributed by atoms with Crippen LogP contribution in [0.15, 0.2) is 24.3 Å². The van der Waals surface area contributed by atoms with Gasteiger partial charge in [-0.15, -0.1) is 0 Å². The van der Waals surface area contributed by atoms with Gasteiger partial charge in [-0.1, -0.05) is 12.1 Å². The predicted octanol–water partition coefficient (Wildman–Crippen LogP) is 2.77. The van der Waals surface area contributed by atoms with Crippen LogP contribution in [0, 0.1) is 0 Å². The zero-order valence-corrected chi connectivity index (χ0v) is 11.2. The molecule has 17 heavy (non-hydrogen) atoms. The Labute approximate surface area is 104 Å². The minimum absolute atomic E-state index is 0.341. The molecule has 2 atom stereocenters. The lowest BCUT2D eigenvalue weighted by Crippen LogP contribution is -2.29. The van der Waals surface area contributed by atoms with Crippen molar-refractivity contribution in [1.82, 2.24) is 5.32 Å². The summed E-state index contributed by atoms with van der Waals surface area (Å²) in [7, 11) is 3.42. The normalized spacial score (nSPS) is 14.4. The van der Waals surface area contributed by atoms with E-state index in [1.165, 1.54) is 5.56 Å². The van der Waals surface area contributed by atoms with Gasteiger partial charge in [0, 0.05) is 25.8 Å². The summed E-state index contributed by atoms with van der Waals surface area (Å²) in [6, 6.07) is 8.97. The van der Waals surface area contributed by atoms with Crippen molar-refractivity contribution in [2.75, 3.05) is 20.8 Å². The van der Waals surface area contributed by atoms with E-state index in [-0.39, 0.29) is 0 Å². The third kappa shape index (κ3) is 4.75. The monoisotopic (exact) mass is 237 g/mol. The molecule has 0 heterocycles. The molecule has 0 aliphatic heterocycles. The highest BCUT2D eigenvalue weighted by atomic mass is 16.5. The molecular weight excluding hydrogens is 214 g/mol. The summed E-state index contributed by atoms with van der Waals surface area (Å²) in [6.07, 6.45) is 1.02. The van der Waals surface area contributed by atoms with Gasteiger partial charge in [-0.05, 0) is 38.0 Å². The first-order valence-electron chi connectivity index (χ1n) is 6.06. The molecule has 0 saturated carbocycles. The summed E-state index contributed by atoms with van der Waals surface area (Å²) >= 11 is 0. The van der Waals surface area contributed by atoms with Gasteiger partial charge in [0.25, 0.3) is 0 Å². The first-order valence-corrected chi connectivity index (χ1v) is 6.06. The molecule has 3 heteroatoms. The molecule has 0 aliphatic carbocycles. The lowest BCUT2D eigenvalue weighted by Gasteiger charge is -2.20. The molecule has 1 N–H and O–H groups in total. The first-order chi connectivity index (χ1) is 8.17. The molecule has 0 aromatic heterocycles. The lowest BCUT2D eigenvalue weighted by atomic mass is 10.1. The fourth-order valence-electron chi connectivity index (χ4n) is 1.79. The van der Waals surface area contributed by atoms with Crippen molar-refractivity contribution < 1.29 is 9.47 Å². The second-order valence-corrected chi connectivity index (χ2v) is 4.34. The Morgan fingerprint density at radius 3 is 2.29 bits per heavy atom. The van der Waals surface area contributed by atoms with Gasteiger partial charge in [-0.3, -0.25) is 0 Å². The number of nitrogens with one attached hydrogen (secondary N) is 1. The SMILES string of the molecule is COCCC(C)NC(C)c1ccc(OC)cc1. The third-order valence-electron chi connectivity index (χ3n) is 2.91. The zero-order valence-electron chi connectivity index (χ0n) is 11.2. The summed E-state index contributed by atoms with van der Waals surface area (Å²) in [5.74, 6) is 0.897. The number of rotatable bonds is 7. The van der Waals surface area contributed by atoms with Crippen molar-refractivity contribution in [2.24, 2.45) is 0 Å². The van der Waals surface area contributed by atoms with E-state index in [4.69, 9.17) is 9.47 Å². The Balaban J connectivity index is 2.47. The Kier molecular flexibility index (Phi) is 6.01. The van der Waals surface area contributed by atoms with Crippen LogP contribution in [0.1, 0.15) is 31.9 Å². The Bertz CT molecular complexity index is 311. The zero-order chi connectivity index (χ0) is 12.7. The second kappa shape index (κ2) is 7.30. The topological polar surface area (TPSA) is 30.5 Å². The van der Waals surface area contributed by atoms with Crippen LogP contribution in [0.3, 0.4) is 0 Å². The van der Waals surface area contributed by atoms with Gasteiger partial charge >= 0.3 is 0 Å². The Morgan fingerprint density at radius 1 is 1.12 bits per heavy atom. The van der Waals surface area contributed by atoms with Crippen molar-refractivity contribution in [3.05, 3.63) is 29.8 Å². The third-order valence-corrected chi connectivity index (χ3v) is 2.91. The van der Waals surface area contributed by atoms with Gasteiger partial charge in [0.2, 0.25) is 0 Å². The molecule has 0 radical (unpaired) electrons. The van der Waals surface area contributed by atoms with Gasteiger partial charge in [-0.2, -0.15) is 0 Å². The summed E-state index contributed by atoms with van der Waals surface area (Å²) in [4.78, 5) is 0. The van der Waals surface area contributed by atoms with Crippen LogP contribution in [0.2, 0.25) is 0 Å². The van der Waals surface area contributed by atoms with Crippen LogP contribution in [-0.4, -0.2) is 26.9 Å². The standard InChI is InChI=1S/C14H23NO2/c1-11(9-10-16-3)15-12(2)13-5-7-14(17-4)8-6-13/h5-8,11-12,15H,9-10H2,1-4H3. The van der Waals surface area contributed by atoms with Crippen LogP contribution >= 0.6 is 0 Å². The maximum Gasteiger partial charge on any atom is 0.118 e. The van der Waals surface area contributed by atoms with E-state index in [1.54, 1.807) is 14.2 Å².